The summed E-state index contributed by atoms with van der Waals surface area (Å²) >= 11 is 4.98. The van der Waals surface area contributed by atoms with Crippen LogP contribution in [-0.4, -0.2) is 16.1 Å². The number of halogens is 4. The SMILES string of the molecule is O=C(Nc1cccc2c1ccn2C(F)F)C(F)Cl. The van der Waals surface area contributed by atoms with Gasteiger partial charge in [0.05, 0.1) is 11.2 Å². The van der Waals surface area contributed by atoms with Crippen molar-refractivity contribution in [2.45, 2.75) is 12.2 Å². The molecule has 0 radical (unpaired) electrons. The fourth-order valence-electron chi connectivity index (χ4n) is 1.65. The number of hydrogen-bond donors (Lipinski definition) is 1. The Kier molecular flexibility index (Phi) is 3.47. The van der Waals surface area contributed by atoms with Gasteiger partial charge in [-0.1, -0.05) is 17.7 Å². The van der Waals surface area contributed by atoms with Crippen LogP contribution in [-0.2, 0) is 4.79 Å². The van der Waals surface area contributed by atoms with E-state index in [1.54, 1.807) is 0 Å². The Morgan fingerprint density at radius 3 is 2.61 bits per heavy atom. The third-order valence-electron chi connectivity index (χ3n) is 2.43. The molecule has 0 aliphatic rings. The summed E-state index contributed by atoms with van der Waals surface area (Å²) in [5.41, 5.74) is -1.70. The van der Waals surface area contributed by atoms with Crippen molar-refractivity contribution < 1.29 is 18.0 Å². The number of carbonyl (C=O) groups is 1. The van der Waals surface area contributed by atoms with Gasteiger partial charge >= 0.3 is 6.55 Å². The number of aromatic nitrogens is 1. The summed E-state index contributed by atoms with van der Waals surface area (Å²) in [4.78, 5) is 11.1. The van der Waals surface area contributed by atoms with E-state index in [2.05, 4.69) is 5.32 Å². The van der Waals surface area contributed by atoms with Crippen LogP contribution < -0.4 is 5.32 Å². The van der Waals surface area contributed by atoms with Gasteiger partial charge in [-0.25, -0.2) is 4.39 Å². The summed E-state index contributed by atoms with van der Waals surface area (Å²) in [6.07, 6.45) is 1.19. The third kappa shape index (κ3) is 2.28. The highest BCUT2D eigenvalue weighted by molar-refractivity contribution is 6.31. The number of fused-ring (bicyclic) bond motifs is 1. The zero-order valence-corrected chi connectivity index (χ0v) is 9.66. The molecule has 0 aliphatic carbocycles. The number of anilines is 1. The smallest absolute Gasteiger partial charge is 0.319 e. The van der Waals surface area contributed by atoms with Gasteiger partial charge in [-0.05, 0) is 18.2 Å². The van der Waals surface area contributed by atoms with Crippen molar-refractivity contribution in [3.8, 4) is 0 Å². The van der Waals surface area contributed by atoms with Crippen LogP contribution in [0.15, 0.2) is 30.5 Å². The Balaban J connectivity index is 2.44. The van der Waals surface area contributed by atoms with Gasteiger partial charge in [0.15, 0.2) is 0 Å². The molecular formula is C11H8ClF3N2O. The van der Waals surface area contributed by atoms with Gasteiger partial charge in [-0.3, -0.25) is 9.36 Å². The van der Waals surface area contributed by atoms with Crippen LogP contribution in [0.4, 0.5) is 18.9 Å². The summed E-state index contributed by atoms with van der Waals surface area (Å²) in [5.74, 6) is -1.03. The second kappa shape index (κ2) is 4.89. The molecule has 0 saturated heterocycles. The number of alkyl halides is 4. The normalized spacial score (nSPS) is 12.9. The molecule has 0 spiro atoms. The average Bonchev–Trinajstić information content (AvgIpc) is 2.73. The fraction of sp³-hybridized carbons (Fsp3) is 0.182. The van der Waals surface area contributed by atoms with E-state index in [0.29, 0.717) is 5.39 Å². The number of carbonyl (C=O) groups excluding carboxylic acids is 1. The Morgan fingerprint density at radius 2 is 2.00 bits per heavy atom. The van der Waals surface area contributed by atoms with Crippen molar-refractivity contribution >= 4 is 34.1 Å². The first-order chi connectivity index (χ1) is 8.50. The minimum absolute atomic E-state index is 0.236. The monoisotopic (exact) mass is 276 g/mol. The van der Waals surface area contributed by atoms with E-state index in [0.717, 1.165) is 4.57 Å². The van der Waals surface area contributed by atoms with Crippen LogP contribution in [0.5, 0.6) is 0 Å². The lowest BCUT2D eigenvalue weighted by molar-refractivity contribution is -0.118. The zero-order chi connectivity index (χ0) is 13.3. The Bertz CT molecular complexity index is 583. The molecule has 1 amide bonds. The lowest BCUT2D eigenvalue weighted by Gasteiger charge is -2.08. The first-order valence-corrected chi connectivity index (χ1v) is 5.41. The van der Waals surface area contributed by atoms with Crippen molar-refractivity contribution in [3.05, 3.63) is 30.5 Å². The van der Waals surface area contributed by atoms with E-state index in [9.17, 15) is 18.0 Å². The quantitative estimate of drug-likeness (QED) is 0.855. The molecule has 1 N–H and O–H groups in total. The minimum Gasteiger partial charge on any atom is -0.322 e. The molecule has 0 aliphatic heterocycles. The lowest BCUT2D eigenvalue weighted by Crippen LogP contribution is -2.19. The second-order valence-corrected chi connectivity index (χ2v) is 3.91. The summed E-state index contributed by atoms with van der Waals surface area (Å²) in [5, 5.41) is 2.62. The number of nitrogens with zero attached hydrogens (tertiary/aromatic N) is 1. The van der Waals surface area contributed by atoms with Gasteiger partial charge in [0.25, 0.3) is 11.5 Å². The van der Waals surface area contributed by atoms with Gasteiger partial charge < -0.3 is 5.32 Å². The number of hydrogen-bond acceptors (Lipinski definition) is 1. The molecular weight excluding hydrogens is 269 g/mol. The summed E-state index contributed by atoms with van der Waals surface area (Å²) < 4.78 is 38.6. The molecule has 18 heavy (non-hydrogen) atoms. The maximum Gasteiger partial charge on any atom is 0.319 e. The van der Waals surface area contributed by atoms with Gasteiger partial charge in [-0.15, -0.1) is 0 Å². The Hall–Kier alpha value is -1.69. The van der Waals surface area contributed by atoms with Gasteiger partial charge in [-0.2, -0.15) is 8.78 Å². The fourth-order valence-corrected chi connectivity index (χ4v) is 1.71. The highest BCUT2D eigenvalue weighted by atomic mass is 35.5. The molecule has 2 rings (SSSR count). The minimum atomic E-state index is -2.68. The largest absolute Gasteiger partial charge is 0.322 e. The standard InChI is InChI=1S/C11H8ClF3N2O/c12-9(13)10(18)16-7-2-1-3-8-6(7)4-5-17(8)11(14)15/h1-5,9,11H,(H,16,18). The number of nitrogens with one attached hydrogen (secondary N) is 1. The Morgan fingerprint density at radius 1 is 1.28 bits per heavy atom. The topological polar surface area (TPSA) is 34.0 Å². The molecule has 2 aromatic rings. The summed E-state index contributed by atoms with van der Waals surface area (Å²) in [7, 11) is 0. The van der Waals surface area contributed by atoms with Crippen molar-refractivity contribution in [2.24, 2.45) is 0 Å². The molecule has 1 atom stereocenters. The zero-order valence-electron chi connectivity index (χ0n) is 8.91. The Labute approximate surface area is 105 Å². The first-order valence-electron chi connectivity index (χ1n) is 4.97. The van der Waals surface area contributed by atoms with Crippen LogP contribution in [0.1, 0.15) is 6.55 Å². The lowest BCUT2D eigenvalue weighted by atomic mass is 10.2. The molecule has 1 aromatic carbocycles. The van der Waals surface area contributed by atoms with Gasteiger partial charge in [0, 0.05) is 11.6 Å². The van der Waals surface area contributed by atoms with Gasteiger partial charge in [0.1, 0.15) is 0 Å². The molecule has 1 unspecified atom stereocenters. The maximum absolute atomic E-state index is 12.6. The highest BCUT2D eigenvalue weighted by Gasteiger charge is 2.16. The number of rotatable bonds is 3. The average molecular weight is 277 g/mol. The van der Waals surface area contributed by atoms with E-state index < -0.39 is 18.1 Å². The van der Waals surface area contributed by atoms with Crippen molar-refractivity contribution in [2.75, 3.05) is 5.32 Å². The predicted octanol–water partition coefficient (Wildman–Crippen LogP) is 3.51. The van der Waals surface area contributed by atoms with Crippen molar-refractivity contribution in [3.63, 3.8) is 0 Å². The van der Waals surface area contributed by atoms with E-state index in [1.165, 1.54) is 30.5 Å². The predicted molar refractivity (Wildman–Crippen MR) is 62.6 cm³/mol. The van der Waals surface area contributed by atoms with E-state index in [1.807, 2.05) is 0 Å². The maximum atomic E-state index is 12.6. The summed E-state index contributed by atoms with van der Waals surface area (Å²) in [6, 6.07) is 5.86. The van der Waals surface area contributed by atoms with Crippen LogP contribution in [0.25, 0.3) is 10.9 Å². The van der Waals surface area contributed by atoms with E-state index in [-0.39, 0.29) is 11.2 Å². The van der Waals surface area contributed by atoms with Gasteiger partial charge in [0.2, 0.25) is 0 Å². The number of amides is 1. The first kappa shape index (κ1) is 12.8. The highest BCUT2D eigenvalue weighted by Crippen LogP contribution is 2.28. The molecule has 1 heterocycles. The van der Waals surface area contributed by atoms with E-state index >= 15 is 0 Å². The van der Waals surface area contributed by atoms with Crippen molar-refractivity contribution in [1.29, 1.82) is 0 Å². The third-order valence-corrected chi connectivity index (χ3v) is 2.63. The molecule has 0 fully saturated rings. The second-order valence-electron chi connectivity index (χ2n) is 3.53. The van der Waals surface area contributed by atoms with Crippen LogP contribution in [0.3, 0.4) is 0 Å². The number of benzene rings is 1. The molecule has 1 aromatic heterocycles. The van der Waals surface area contributed by atoms with Crippen LogP contribution in [0, 0.1) is 0 Å². The van der Waals surface area contributed by atoms with E-state index in [4.69, 9.17) is 11.6 Å². The summed E-state index contributed by atoms with van der Waals surface area (Å²) in [6.45, 7) is -2.68. The van der Waals surface area contributed by atoms with Crippen molar-refractivity contribution in [1.82, 2.24) is 4.57 Å². The molecule has 0 bridgehead atoms. The van der Waals surface area contributed by atoms with Crippen LogP contribution >= 0.6 is 11.6 Å². The van der Waals surface area contributed by atoms with Crippen LogP contribution in [0.2, 0.25) is 0 Å². The molecule has 7 heteroatoms. The molecule has 0 saturated carbocycles. The molecule has 3 nitrogen and oxygen atoms in total. The molecule has 96 valence electrons.